The average Bonchev–Trinajstić information content (AvgIpc) is 2.49. The molecule has 1 unspecified atom stereocenters. The maximum absolute atomic E-state index is 5.92. The summed E-state index contributed by atoms with van der Waals surface area (Å²) < 4.78 is 0. The van der Waals surface area contributed by atoms with Crippen molar-refractivity contribution in [2.24, 2.45) is 16.6 Å². The monoisotopic (exact) mass is 430 g/mol. The number of aryl methyl sites for hydroxylation is 1. The van der Waals surface area contributed by atoms with Gasteiger partial charge in [0.25, 0.3) is 0 Å². The molecule has 1 aliphatic rings. The second-order valence-electron chi connectivity index (χ2n) is 6.51. The Balaban J connectivity index is 0.00000264. The number of halogens is 1. The minimum absolute atomic E-state index is 0. The van der Waals surface area contributed by atoms with Crippen molar-refractivity contribution in [1.29, 1.82) is 0 Å². The summed E-state index contributed by atoms with van der Waals surface area (Å²) in [6.07, 6.45) is 5.05. The van der Waals surface area contributed by atoms with Crippen LogP contribution in [0.3, 0.4) is 0 Å². The fraction of sp³-hybridized carbons (Fsp3) is 0.611. The standard InChI is InChI=1S/C18H30N4.HI/c1-15-7-9-17(10-8-15)21-18(19)20-11-3-4-12-22-13-5-6-16(2)14-22;/h7-10,16H,3-6,11-14H2,1-2H3,(H3,19,20,21);1H. The zero-order chi connectivity index (χ0) is 15.8. The maximum Gasteiger partial charge on any atom is 0.193 e. The Hall–Kier alpha value is -0.820. The molecule has 1 atom stereocenters. The second kappa shape index (κ2) is 10.9. The molecular weight excluding hydrogens is 399 g/mol. The number of guanidine groups is 1. The molecule has 0 aliphatic carbocycles. The van der Waals surface area contributed by atoms with Crippen molar-refractivity contribution in [3.8, 4) is 0 Å². The summed E-state index contributed by atoms with van der Waals surface area (Å²) in [6.45, 7) is 8.96. The lowest BCUT2D eigenvalue weighted by atomic mass is 10.0. The molecule has 0 bridgehead atoms. The van der Waals surface area contributed by atoms with Crippen LogP contribution in [0.15, 0.2) is 29.3 Å². The van der Waals surface area contributed by atoms with E-state index in [1.165, 1.54) is 44.5 Å². The fourth-order valence-electron chi connectivity index (χ4n) is 2.96. The highest BCUT2D eigenvalue weighted by Gasteiger charge is 2.15. The van der Waals surface area contributed by atoms with Crippen molar-refractivity contribution in [2.75, 3.05) is 31.5 Å². The summed E-state index contributed by atoms with van der Waals surface area (Å²) in [7, 11) is 0. The average molecular weight is 430 g/mol. The first-order valence-corrected chi connectivity index (χ1v) is 8.49. The number of nitrogens with two attached hydrogens (primary N) is 1. The van der Waals surface area contributed by atoms with E-state index in [4.69, 9.17) is 5.73 Å². The molecule has 23 heavy (non-hydrogen) atoms. The van der Waals surface area contributed by atoms with Crippen molar-refractivity contribution in [2.45, 2.75) is 39.5 Å². The van der Waals surface area contributed by atoms with E-state index < -0.39 is 0 Å². The zero-order valence-electron chi connectivity index (χ0n) is 14.4. The summed E-state index contributed by atoms with van der Waals surface area (Å²) >= 11 is 0. The normalized spacial score (nSPS) is 19.2. The number of nitrogens with one attached hydrogen (secondary N) is 1. The molecule has 0 amide bonds. The van der Waals surface area contributed by atoms with Crippen molar-refractivity contribution < 1.29 is 0 Å². The lowest BCUT2D eigenvalue weighted by Crippen LogP contribution is -2.35. The van der Waals surface area contributed by atoms with Crippen molar-refractivity contribution in [1.82, 2.24) is 4.90 Å². The van der Waals surface area contributed by atoms with E-state index in [1.807, 2.05) is 12.1 Å². The molecule has 0 radical (unpaired) electrons. The first kappa shape index (κ1) is 20.2. The Morgan fingerprint density at radius 1 is 1.30 bits per heavy atom. The molecule has 0 saturated carbocycles. The summed E-state index contributed by atoms with van der Waals surface area (Å²) in [5, 5.41) is 3.13. The third-order valence-electron chi connectivity index (χ3n) is 4.23. The molecule has 0 aromatic heterocycles. The van der Waals surface area contributed by atoms with E-state index >= 15 is 0 Å². The first-order chi connectivity index (χ1) is 10.6. The molecule has 2 rings (SSSR count). The van der Waals surface area contributed by atoms with E-state index in [1.54, 1.807) is 0 Å². The summed E-state index contributed by atoms with van der Waals surface area (Å²) in [5.74, 6) is 1.37. The van der Waals surface area contributed by atoms with Gasteiger partial charge in [-0.05, 0) is 63.7 Å². The lowest BCUT2D eigenvalue weighted by molar-refractivity contribution is 0.181. The van der Waals surface area contributed by atoms with E-state index in [2.05, 4.69) is 41.2 Å². The van der Waals surface area contributed by atoms with Crippen LogP contribution in [0.25, 0.3) is 0 Å². The highest BCUT2D eigenvalue weighted by atomic mass is 127. The van der Waals surface area contributed by atoms with Gasteiger partial charge in [0.2, 0.25) is 0 Å². The van der Waals surface area contributed by atoms with Gasteiger partial charge >= 0.3 is 0 Å². The van der Waals surface area contributed by atoms with E-state index in [0.29, 0.717) is 5.96 Å². The number of rotatable bonds is 6. The molecule has 1 fully saturated rings. The smallest absolute Gasteiger partial charge is 0.193 e. The first-order valence-electron chi connectivity index (χ1n) is 8.49. The van der Waals surface area contributed by atoms with Gasteiger partial charge < -0.3 is 16.0 Å². The number of piperidine rings is 1. The van der Waals surface area contributed by atoms with Crippen LogP contribution in [0.1, 0.15) is 38.2 Å². The van der Waals surface area contributed by atoms with Crippen LogP contribution in [-0.4, -0.2) is 37.0 Å². The Morgan fingerprint density at radius 3 is 2.74 bits per heavy atom. The Morgan fingerprint density at radius 2 is 2.04 bits per heavy atom. The molecule has 130 valence electrons. The molecule has 1 aliphatic heterocycles. The van der Waals surface area contributed by atoms with Gasteiger partial charge in [-0.1, -0.05) is 24.6 Å². The Labute approximate surface area is 157 Å². The van der Waals surface area contributed by atoms with Gasteiger partial charge in [0.15, 0.2) is 5.96 Å². The minimum Gasteiger partial charge on any atom is -0.370 e. The van der Waals surface area contributed by atoms with Gasteiger partial charge in [0.05, 0.1) is 0 Å². The largest absolute Gasteiger partial charge is 0.370 e. The van der Waals surface area contributed by atoms with Crippen molar-refractivity contribution in [3.05, 3.63) is 29.8 Å². The molecular formula is C18H31IN4. The topological polar surface area (TPSA) is 53.6 Å². The maximum atomic E-state index is 5.92. The number of aliphatic imine (C=N–C) groups is 1. The highest BCUT2D eigenvalue weighted by molar-refractivity contribution is 14.0. The molecule has 1 heterocycles. The Bertz CT molecular complexity index is 472. The predicted octanol–water partition coefficient (Wildman–Crippen LogP) is 3.85. The van der Waals surface area contributed by atoms with Crippen LogP contribution < -0.4 is 11.1 Å². The molecule has 0 spiro atoms. The van der Waals surface area contributed by atoms with Gasteiger partial charge in [-0.15, -0.1) is 24.0 Å². The quantitative estimate of drug-likeness (QED) is 0.312. The third kappa shape index (κ3) is 8.01. The molecule has 4 nitrogen and oxygen atoms in total. The van der Waals surface area contributed by atoms with Gasteiger partial charge in [-0.25, -0.2) is 0 Å². The van der Waals surface area contributed by atoms with Crippen LogP contribution >= 0.6 is 24.0 Å². The zero-order valence-corrected chi connectivity index (χ0v) is 16.8. The van der Waals surface area contributed by atoms with Gasteiger partial charge in [0, 0.05) is 18.8 Å². The summed E-state index contributed by atoms with van der Waals surface area (Å²) in [5.41, 5.74) is 8.15. The van der Waals surface area contributed by atoms with Crippen LogP contribution in [0.4, 0.5) is 5.69 Å². The number of anilines is 1. The van der Waals surface area contributed by atoms with E-state index in [9.17, 15) is 0 Å². The molecule has 1 aromatic carbocycles. The highest BCUT2D eigenvalue weighted by Crippen LogP contribution is 2.15. The number of nitrogens with zero attached hydrogens (tertiary/aromatic N) is 2. The van der Waals surface area contributed by atoms with Crippen molar-refractivity contribution >= 4 is 35.6 Å². The molecule has 1 aromatic rings. The van der Waals surface area contributed by atoms with Gasteiger partial charge in [-0.3, -0.25) is 4.99 Å². The number of hydrogen-bond acceptors (Lipinski definition) is 2. The van der Waals surface area contributed by atoms with Crippen LogP contribution in [0, 0.1) is 12.8 Å². The summed E-state index contributed by atoms with van der Waals surface area (Å²) in [6, 6.07) is 8.18. The van der Waals surface area contributed by atoms with Crippen LogP contribution in [0.2, 0.25) is 0 Å². The van der Waals surface area contributed by atoms with Crippen LogP contribution in [-0.2, 0) is 0 Å². The minimum atomic E-state index is 0. The van der Waals surface area contributed by atoms with Gasteiger partial charge in [-0.2, -0.15) is 0 Å². The fourth-order valence-corrected chi connectivity index (χ4v) is 2.96. The number of likely N-dealkylation sites (tertiary alicyclic amines) is 1. The number of benzene rings is 1. The summed E-state index contributed by atoms with van der Waals surface area (Å²) in [4.78, 5) is 6.99. The van der Waals surface area contributed by atoms with Gasteiger partial charge in [0.1, 0.15) is 0 Å². The molecule has 3 N–H and O–H groups in total. The third-order valence-corrected chi connectivity index (χ3v) is 4.23. The van der Waals surface area contributed by atoms with E-state index in [-0.39, 0.29) is 24.0 Å². The predicted molar refractivity (Wildman–Crippen MR) is 111 cm³/mol. The van der Waals surface area contributed by atoms with E-state index in [0.717, 1.165) is 24.6 Å². The molecule has 5 heteroatoms. The Kier molecular flexibility index (Phi) is 9.55. The molecule has 1 saturated heterocycles. The number of hydrogen-bond donors (Lipinski definition) is 2. The number of unbranched alkanes of at least 4 members (excludes halogenated alkanes) is 1. The van der Waals surface area contributed by atoms with Crippen LogP contribution in [0.5, 0.6) is 0 Å². The lowest BCUT2D eigenvalue weighted by Gasteiger charge is -2.30. The SMILES string of the molecule is Cc1ccc(NC(N)=NCCCCN2CCCC(C)C2)cc1.I. The second-order valence-corrected chi connectivity index (χ2v) is 6.51. The van der Waals surface area contributed by atoms with Crippen molar-refractivity contribution in [3.63, 3.8) is 0 Å².